The Hall–Kier alpha value is -3.91. The fourth-order valence-corrected chi connectivity index (χ4v) is 5.51. The molecule has 4 aromatic rings. The molecule has 1 aliphatic rings. The van der Waals surface area contributed by atoms with Crippen LogP contribution in [0.25, 0.3) is 28.2 Å². The Morgan fingerprint density at radius 2 is 2.00 bits per heavy atom. The number of hydrogen-bond acceptors (Lipinski definition) is 8. The van der Waals surface area contributed by atoms with Gasteiger partial charge in [0.05, 0.1) is 10.1 Å². The van der Waals surface area contributed by atoms with Crippen molar-refractivity contribution in [3.63, 3.8) is 0 Å². The molecule has 1 aromatic carbocycles. The predicted molar refractivity (Wildman–Crippen MR) is 120 cm³/mol. The molecule has 0 atom stereocenters. The van der Waals surface area contributed by atoms with Crippen LogP contribution in [0.15, 0.2) is 47.8 Å². The van der Waals surface area contributed by atoms with Crippen LogP contribution in [-0.2, 0) is 16.9 Å². The monoisotopic (exact) mass is 503 g/mol. The third-order valence-corrected chi connectivity index (χ3v) is 7.78. The fourth-order valence-electron chi connectivity index (χ4n) is 3.91. The summed E-state index contributed by atoms with van der Waals surface area (Å²) in [5.74, 6) is -1.09. The summed E-state index contributed by atoms with van der Waals surface area (Å²) in [7, 11) is -2.15. The Morgan fingerprint density at radius 3 is 2.66 bits per heavy atom. The van der Waals surface area contributed by atoms with E-state index in [-0.39, 0.29) is 57.5 Å². The number of sulfone groups is 1. The van der Waals surface area contributed by atoms with Crippen LogP contribution in [0.1, 0.15) is 10.4 Å². The van der Waals surface area contributed by atoms with Crippen LogP contribution in [-0.4, -0.2) is 63.7 Å². The third-order valence-electron chi connectivity index (χ3n) is 5.66. The summed E-state index contributed by atoms with van der Waals surface area (Å²) in [4.78, 5) is 16.4. The largest absolute Gasteiger partial charge is 0.434 e. The maximum absolute atomic E-state index is 13.2. The maximum Gasteiger partial charge on any atom is 0.387 e. The van der Waals surface area contributed by atoms with Crippen LogP contribution < -0.4 is 15.8 Å². The number of fused-ring (bicyclic) bond motifs is 1. The molecule has 0 saturated carbocycles. The average Bonchev–Trinajstić information content (AvgIpc) is 3.32. The molecule has 1 aliphatic heterocycles. The number of aromatic nitrogens is 5. The SMILES string of the molecule is Cn1cc(-c2nn3cccnc3c2C(N)=O)c(-c2cc(S(=O)(=O)C3CNC3)ccc2OC(F)F)n1. The molecule has 1 amide bonds. The number of amides is 1. The number of nitrogens with one attached hydrogen (secondary N) is 1. The van der Waals surface area contributed by atoms with Gasteiger partial charge in [-0.15, -0.1) is 0 Å². The van der Waals surface area contributed by atoms with Gasteiger partial charge in [0, 0.05) is 49.9 Å². The van der Waals surface area contributed by atoms with Crippen LogP contribution in [0, 0.1) is 0 Å². The van der Waals surface area contributed by atoms with Crippen molar-refractivity contribution in [1.82, 2.24) is 29.7 Å². The van der Waals surface area contributed by atoms with Gasteiger partial charge in [0.1, 0.15) is 22.7 Å². The maximum atomic E-state index is 13.2. The van der Waals surface area contributed by atoms with E-state index in [1.165, 1.54) is 39.8 Å². The number of carbonyl (C=O) groups is 1. The minimum Gasteiger partial charge on any atom is -0.434 e. The summed E-state index contributed by atoms with van der Waals surface area (Å²) in [6.45, 7) is -2.59. The Labute approximate surface area is 197 Å². The molecule has 14 heteroatoms. The van der Waals surface area contributed by atoms with Gasteiger partial charge in [0.15, 0.2) is 15.5 Å². The fraction of sp³-hybridized carbons (Fsp3) is 0.238. The van der Waals surface area contributed by atoms with Gasteiger partial charge in [-0.05, 0) is 24.3 Å². The minimum atomic E-state index is -3.73. The molecule has 0 spiro atoms. The van der Waals surface area contributed by atoms with Crippen molar-refractivity contribution in [1.29, 1.82) is 0 Å². The molecule has 0 radical (unpaired) electrons. The van der Waals surface area contributed by atoms with Crippen molar-refractivity contribution in [2.75, 3.05) is 13.1 Å². The second-order valence-corrected chi connectivity index (χ2v) is 10.1. The van der Waals surface area contributed by atoms with E-state index in [0.29, 0.717) is 0 Å². The first-order valence-corrected chi connectivity index (χ1v) is 11.9. The van der Waals surface area contributed by atoms with Crippen molar-refractivity contribution < 1.29 is 26.7 Å². The summed E-state index contributed by atoms with van der Waals surface area (Å²) in [6.07, 6.45) is 4.56. The lowest BCUT2D eigenvalue weighted by Crippen LogP contribution is -2.51. The van der Waals surface area contributed by atoms with Crippen LogP contribution in [0.4, 0.5) is 8.78 Å². The summed E-state index contributed by atoms with van der Waals surface area (Å²) in [5.41, 5.74) is 6.26. The predicted octanol–water partition coefficient (Wildman–Crippen LogP) is 1.24. The quantitative estimate of drug-likeness (QED) is 0.383. The number of hydrogen-bond donors (Lipinski definition) is 2. The Kier molecular flexibility index (Phi) is 5.48. The zero-order valence-corrected chi connectivity index (χ0v) is 19.0. The topological polar surface area (TPSA) is 146 Å². The van der Waals surface area contributed by atoms with E-state index in [1.54, 1.807) is 19.3 Å². The number of rotatable bonds is 7. The zero-order chi connectivity index (χ0) is 24.9. The molecule has 0 unspecified atom stereocenters. The highest BCUT2D eigenvalue weighted by molar-refractivity contribution is 7.92. The molecule has 1 saturated heterocycles. The van der Waals surface area contributed by atoms with E-state index in [4.69, 9.17) is 5.73 Å². The number of nitrogens with two attached hydrogens (primary N) is 1. The molecule has 35 heavy (non-hydrogen) atoms. The molecular weight excluding hydrogens is 484 g/mol. The van der Waals surface area contributed by atoms with Crippen molar-refractivity contribution in [2.45, 2.75) is 16.8 Å². The first-order chi connectivity index (χ1) is 16.7. The summed E-state index contributed by atoms with van der Waals surface area (Å²) in [6, 6.07) is 5.24. The smallest absolute Gasteiger partial charge is 0.387 e. The average molecular weight is 503 g/mol. The summed E-state index contributed by atoms with van der Waals surface area (Å²) >= 11 is 0. The molecule has 5 rings (SSSR count). The first kappa shape index (κ1) is 22.9. The Balaban J connectivity index is 1.75. The number of primary amides is 1. The van der Waals surface area contributed by atoms with Gasteiger partial charge in [-0.2, -0.15) is 19.0 Å². The molecule has 11 nitrogen and oxygen atoms in total. The number of alkyl halides is 2. The Bertz CT molecular complexity index is 1560. The number of nitrogens with zero attached hydrogens (tertiary/aromatic N) is 5. The summed E-state index contributed by atoms with van der Waals surface area (Å²) in [5, 5.41) is 11.0. The molecule has 3 aromatic heterocycles. The van der Waals surface area contributed by atoms with Crippen LogP contribution >= 0.6 is 0 Å². The van der Waals surface area contributed by atoms with Gasteiger partial charge < -0.3 is 15.8 Å². The normalized spacial score (nSPS) is 14.4. The van der Waals surface area contributed by atoms with Gasteiger partial charge in [0.2, 0.25) is 0 Å². The second kappa shape index (κ2) is 8.39. The molecule has 3 N–H and O–H groups in total. The van der Waals surface area contributed by atoms with Gasteiger partial charge >= 0.3 is 6.61 Å². The molecule has 1 fully saturated rings. The van der Waals surface area contributed by atoms with E-state index in [9.17, 15) is 22.0 Å². The van der Waals surface area contributed by atoms with E-state index in [2.05, 4.69) is 25.2 Å². The highest BCUT2D eigenvalue weighted by Gasteiger charge is 2.34. The van der Waals surface area contributed by atoms with E-state index in [0.717, 1.165) is 0 Å². The van der Waals surface area contributed by atoms with Crippen molar-refractivity contribution in [2.24, 2.45) is 12.8 Å². The molecule has 4 heterocycles. The van der Waals surface area contributed by atoms with E-state index < -0.39 is 27.6 Å². The van der Waals surface area contributed by atoms with Crippen molar-refractivity contribution in [3.05, 3.63) is 48.4 Å². The number of benzene rings is 1. The number of ether oxygens (including phenoxy) is 1. The van der Waals surface area contributed by atoms with Crippen LogP contribution in [0.2, 0.25) is 0 Å². The van der Waals surface area contributed by atoms with Gasteiger partial charge in [-0.1, -0.05) is 0 Å². The molecule has 0 bridgehead atoms. The number of carbonyl (C=O) groups excluding carboxylic acids is 1. The molecular formula is C21H19F2N7O4S. The molecule has 182 valence electrons. The first-order valence-electron chi connectivity index (χ1n) is 10.4. The second-order valence-electron chi connectivity index (χ2n) is 7.90. The highest BCUT2D eigenvalue weighted by Crippen LogP contribution is 2.40. The number of aryl methyl sites for hydroxylation is 1. The van der Waals surface area contributed by atoms with Crippen molar-refractivity contribution in [3.8, 4) is 28.3 Å². The number of halogens is 2. The lowest BCUT2D eigenvalue weighted by molar-refractivity contribution is -0.0494. The third kappa shape index (κ3) is 3.89. The van der Waals surface area contributed by atoms with Gasteiger partial charge in [-0.3, -0.25) is 9.48 Å². The van der Waals surface area contributed by atoms with Gasteiger partial charge in [0.25, 0.3) is 5.91 Å². The van der Waals surface area contributed by atoms with Crippen molar-refractivity contribution >= 4 is 21.4 Å². The zero-order valence-electron chi connectivity index (χ0n) is 18.2. The highest BCUT2D eigenvalue weighted by atomic mass is 32.2. The van der Waals surface area contributed by atoms with Crippen LogP contribution in [0.5, 0.6) is 5.75 Å². The standard InChI is InChI=1S/C21H19F2N7O4S/c1-29-10-14(18-16(19(24)31)20-26-5-2-6-30(20)28-18)17(27-29)13-7-11(3-4-15(13)34-21(22)23)35(32,33)12-8-25-9-12/h2-7,10,12,21,25H,8-9H2,1H3,(H2,24,31). The van der Waals surface area contributed by atoms with Gasteiger partial charge in [-0.25, -0.2) is 17.9 Å². The van der Waals surface area contributed by atoms with Crippen LogP contribution in [0.3, 0.4) is 0 Å². The summed E-state index contributed by atoms with van der Waals surface area (Å²) < 4.78 is 59.9. The Morgan fingerprint density at radius 1 is 1.23 bits per heavy atom. The molecule has 0 aliphatic carbocycles. The minimum absolute atomic E-state index is 0.000460. The van der Waals surface area contributed by atoms with E-state index >= 15 is 0 Å². The lowest BCUT2D eigenvalue weighted by atomic mass is 10.0. The van der Waals surface area contributed by atoms with E-state index in [1.807, 2.05) is 0 Å². The lowest BCUT2D eigenvalue weighted by Gasteiger charge is -2.27.